The Morgan fingerprint density at radius 3 is 2.62 bits per heavy atom. The Morgan fingerprint density at radius 1 is 1.06 bits per heavy atom. The van der Waals surface area contributed by atoms with Gasteiger partial charge in [0.05, 0.1) is 23.4 Å². The first-order valence-corrected chi connectivity index (χ1v) is 12.0. The summed E-state index contributed by atoms with van der Waals surface area (Å²) in [6, 6.07) is 9.86. The lowest BCUT2D eigenvalue weighted by molar-refractivity contribution is 0.122. The number of hydrogen-bond acceptors (Lipinski definition) is 7. The van der Waals surface area contributed by atoms with Crippen LogP contribution in [0.25, 0.3) is 10.2 Å². The van der Waals surface area contributed by atoms with Crippen LogP contribution in [0.15, 0.2) is 35.7 Å². The molecule has 8 nitrogen and oxygen atoms in total. The van der Waals surface area contributed by atoms with E-state index in [0.29, 0.717) is 0 Å². The molecule has 1 aromatic carbocycles. The second kappa shape index (κ2) is 9.30. The molecule has 32 heavy (non-hydrogen) atoms. The molecule has 2 fully saturated rings. The third kappa shape index (κ3) is 4.49. The number of ether oxygens (including phenoxy) is 1. The van der Waals surface area contributed by atoms with Crippen LogP contribution < -0.4 is 20.4 Å². The van der Waals surface area contributed by atoms with Gasteiger partial charge in [0.15, 0.2) is 5.82 Å². The number of carbonyl (C=O) groups is 1. The Labute approximate surface area is 191 Å². The summed E-state index contributed by atoms with van der Waals surface area (Å²) in [7, 11) is 0. The average Bonchev–Trinajstić information content (AvgIpc) is 3.30. The van der Waals surface area contributed by atoms with E-state index >= 15 is 0 Å². The van der Waals surface area contributed by atoms with Gasteiger partial charge in [-0.05, 0) is 42.8 Å². The first-order chi connectivity index (χ1) is 15.7. The molecule has 2 aromatic heterocycles. The molecular weight excluding hydrogens is 424 g/mol. The highest BCUT2D eigenvalue weighted by atomic mass is 32.1. The number of urea groups is 1. The standard InChI is InChI=1S/C23H28N6O2S/c1-16-4-2-3-5-18(16)26-23(30)24-17-6-9-29(10-7-17)22-25-19-8-15-32-20(19)21(27-22)28-11-13-31-14-12-28/h2-5,8,15,17H,6-7,9-14H2,1H3,(H2,24,26,30). The summed E-state index contributed by atoms with van der Waals surface area (Å²) < 4.78 is 6.66. The molecule has 0 bridgehead atoms. The normalized spacial score (nSPS) is 17.5. The summed E-state index contributed by atoms with van der Waals surface area (Å²) in [5.41, 5.74) is 2.89. The fraction of sp³-hybridized carbons (Fsp3) is 0.435. The molecular formula is C23H28N6O2S. The van der Waals surface area contributed by atoms with Gasteiger partial charge in [0, 0.05) is 37.9 Å². The number of piperidine rings is 1. The SMILES string of the molecule is Cc1ccccc1NC(=O)NC1CCN(c2nc(N3CCOCC3)c3sccc3n2)CC1. The summed E-state index contributed by atoms with van der Waals surface area (Å²) in [5, 5.41) is 8.16. The first-order valence-electron chi connectivity index (χ1n) is 11.1. The summed E-state index contributed by atoms with van der Waals surface area (Å²) in [4.78, 5) is 26.8. The maximum Gasteiger partial charge on any atom is 0.319 e. The highest BCUT2D eigenvalue weighted by Gasteiger charge is 2.25. The number of thiophene rings is 1. The van der Waals surface area contributed by atoms with Crippen molar-refractivity contribution in [2.24, 2.45) is 0 Å². The minimum absolute atomic E-state index is 0.138. The number of fused-ring (bicyclic) bond motifs is 1. The van der Waals surface area contributed by atoms with Gasteiger partial charge in [-0.15, -0.1) is 11.3 Å². The first kappa shape index (κ1) is 21.0. The molecule has 2 aliphatic rings. The molecule has 0 saturated carbocycles. The van der Waals surface area contributed by atoms with Crippen LogP contribution in [0.1, 0.15) is 18.4 Å². The number of hydrogen-bond donors (Lipinski definition) is 2. The van der Waals surface area contributed by atoms with Gasteiger partial charge < -0.3 is 25.2 Å². The maximum absolute atomic E-state index is 12.4. The third-order valence-electron chi connectivity index (χ3n) is 6.09. The molecule has 4 heterocycles. The Balaban J connectivity index is 1.23. The van der Waals surface area contributed by atoms with Crippen molar-refractivity contribution in [3.8, 4) is 0 Å². The topological polar surface area (TPSA) is 82.6 Å². The minimum Gasteiger partial charge on any atom is -0.378 e. The highest BCUT2D eigenvalue weighted by Crippen LogP contribution is 2.32. The van der Waals surface area contributed by atoms with Crippen LogP contribution >= 0.6 is 11.3 Å². The smallest absolute Gasteiger partial charge is 0.319 e. The van der Waals surface area contributed by atoms with E-state index < -0.39 is 0 Å². The van der Waals surface area contributed by atoms with Crippen LogP contribution in [0, 0.1) is 6.92 Å². The third-order valence-corrected chi connectivity index (χ3v) is 6.99. The quantitative estimate of drug-likeness (QED) is 0.629. The van der Waals surface area contributed by atoms with E-state index in [-0.39, 0.29) is 12.1 Å². The van der Waals surface area contributed by atoms with Crippen molar-refractivity contribution in [1.82, 2.24) is 15.3 Å². The molecule has 0 unspecified atom stereocenters. The summed E-state index contributed by atoms with van der Waals surface area (Å²) in [5.74, 6) is 1.79. The number of aryl methyl sites for hydroxylation is 1. The molecule has 5 rings (SSSR count). The predicted molar refractivity (Wildman–Crippen MR) is 129 cm³/mol. The summed E-state index contributed by atoms with van der Waals surface area (Å²) >= 11 is 1.69. The number of morpholine rings is 1. The van der Waals surface area contributed by atoms with Crippen LogP contribution in [0.3, 0.4) is 0 Å². The molecule has 9 heteroatoms. The average molecular weight is 453 g/mol. The lowest BCUT2D eigenvalue weighted by Crippen LogP contribution is -2.46. The van der Waals surface area contributed by atoms with Crippen LogP contribution in [0.4, 0.5) is 22.2 Å². The number of nitrogens with one attached hydrogen (secondary N) is 2. The van der Waals surface area contributed by atoms with Gasteiger partial charge in [-0.1, -0.05) is 18.2 Å². The largest absolute Gasteiger partial charge is 0.378 e. The number of anilines is 3. The second-order valence-electron chi connectivity index (χ2n) is 8.26. The summed E-state index contributed by atoms with van der Waals surface area (Å²) in [6.45, 7) is 6.78. The van der Waals surface area contributed by atoms with E-state index in [2.05, 4.69) is 31.9 Å². The fourth-order valence-electron chi connectivity index (χ4n) is 4.25. The molecule has 2 aliphatic heterocycles. The van der Waals surface area contributed by atoms with Crippen molar-refractivity contribution in [1.29, 1.82) is 0 Å². The van der Waals surface area contributed by atoms with Crippen LogP contribution in [-0.4, -0.2) is 61.4 Å². The molecule has 0 spiro atoms. The number of benzene rings is 1. The zero-order valence-electron chi connectivity index (χ0n) is 18.2. The molecule has 168 valence electrons. The number of aromatic nitrogens is 2. The minimum atomic E-state index is -0.150. The molecule has 2 amide bonds. The zero-order valence-corrected chi connectivity index (χ0v) is 19.0. The second-order valence-corrected chi connectivity index (χ2v) is 9.17. The van der Waals surface area contributed by atoms with E-state index in [1.54, 1.807) is 11.3 Å². The van der Waals surface area contributed by atoms with Gasteiger partial charge in [-0.25, -0.2) is 9.78 Å². The van der Waals surface area contributed by atoms with Crippen molar-refractivity contribution >= 4 is 45.0 Å². The Kier molecular flexibility index (Phi) is 6.09. The van der Waals surface area contributed by atoms with Crippen molar-refractivity contribution in [3.63, 3.8) is 0 Å². The molecule has 0 aliphatic carbocycles. The summed E-state index contributed by atoms with van der Waals surface area (Å²) in [6.07, 6.45) is 1.72. The van der Waals surface area contributed by atoms with Gasteiger partial charge >= 0.3 is 6.03 Å². The highest BCUT2D eigenvalue weighted by molar-refractivity contribution is 7.17. The monoisotopic (exact) mass is 452 g/mol. The van der Waals surface area contributed by atoms with Gasteiger partial charge in [0.2, 0.25) is 5.95 Å². The van der Waals surface area contributed by atoms with Crippen molar-refractivity contribution in [2.75, 3.05) is 54.5 Å². The molecule has 3 aromatic rings. The zero-order chi connectivity index (χ0) is 21.9. The van der Waals surface area contributed by atoms with Crippen molar-refractivity contribution in [3.05, 3.63) is 41.3 Å². The molecule has 2 saturated heterocycles. The molecule has 2 N–H and O–H groups in total. The van der Waals surface area contributed by atoms with E-state index in [9.17, 15) is 4.79 Å². The lowest BCUT2D eigenvalue weighted by Gasteiger charge is -2.33. The van der Waals surface area contributed by atoms with Gasteiger partial charge in [-0.2, -0.15) is 4.98 Å². The number of carbonyl (C=O) groups excluding carboxylic acids is 1. The van der Waals surface area contributed by atoms with E-state index in [1.807, 2.05) is 31.2 Å². The molecule has 0 atom stereocenters. The Bertz CT molecular complexity index is 1090. The van der Waals surface area contributed by atoms with Crippen LogP contribution in [-0.2, 0) is 4.74 Å². The molecule has 0 radical (unpaired) electrons. The lowest BCUT2D eigenvalue weighted by atomic mass is 10.1. The van der Waals surface area contributed by atoms with Crippen LogP contribution in [0.2, 0.25) is 0 Å². The Morgan fingerprint density at radius 2 is 1.84 bits per heavy atom. The van der Waals surface area contributed by atoms with E-state index in [1.165, 1.54) is 0 Å². The maximum atomic E-state index is 12.4. The van der Waals surface area contributed by atoms with Crippen molar-refractivity contribution < 1.29 is 9.53 Å². The fourth-order valence-corrected chi connectivity index (χ4v) is 5.10. The van der Waals surface area contributed by atoms with Crippen LogP contribution in [0.5, 0.6) is 0 Å². The van der Waals surface area contributed by atoms with Gasteiger partial charge in [-0.3, -0.25) is 0 Å². The number of nitrogens with zero attached hydrogens (tertiary/aromatic N) is 4. The number of amides is 2. The Hall–Kier alpha value is -2.91. The van der Waals surface area contributed by atoms with E-state index in [4.69, 9.17) is 14.7 Å². The van der Waals surface area contributed by atoms with Crippen molar-refractivity contribution in [2.45, 2.75) is 25.8 Å². The number of para-hydroxylation sites is 1. The van der Waals surface area contributed by atoms with Gasteiger partial charge in [0.1, 0.15) is 0 Å². The van der Waals surface area contributed by atoms with E-state index in [0.717, 1.165) is 85.5 Å². The van der Waals surface area contributed by atoms with Gasteiger partial charge in [0.25, 0.3) is 0 Å². The predicted octanol–water partition coefficient (Wildman–Crippen LogP) is 3.63. The number of rotatable bonds is 4.